The van der Waals surface area contributed by atoms with Gasteiger partial charge in [0.05, 0.1) is 0 Å². The lowest BCUT2D eigenvalue weighted by molar-refractivity contribution is -0.114. The number of amides is 2. The van der Waals surface area contributed by atoms with E-state index >= 15 is 0 Å². The zero-order chi connectivity index (χ0) is 16.3. The Kier molecular flexibility index (Phi) is 4.52. The van der Waals surface area contributed by atoms with Gasteiger partial charge in [0.25, 0.3) is 20.3 Å². The first kappa shape index (κ1) is 16.0. The number of rotatable bonds is 4. The summed E-state index contributed by atoms with van der Waals surface area (Å²) < 4.78 is 25.6. The van der Waals surface area contributed by atoms with E-state index in [2.05, 4.69) is 15.5 Å². The van der Waals surface area contributed by atoms with Gasteiger partial charge in [0.15, 0.2) is 0 Å². The van der Waals surface area contributed by atoms with Crippen LogP contribution in [-0.2, 0) is 14.8 Å². The van der Waals surface area contributed by atoms with E-state index in [4.69, 9.17) is 0 Å². The first-order valence-corrected chi connectivity index (χ1v) is 8.33. The lowest BCUT2D eigenvalue weighted by Crippen LogP contribution is -2.30. The number of sulfonamides is 1. The van der Waals surface area contributed by atoms with E-state index < -0.39 is 26.2 Å². The molecular weight excluding hydrogens is 328 g/mol. The predicted molar refractivity (Wildman–Crippen MR) is 80.0 cm³/mol. The quantitative estimate of drug-likeness (QED) is 0.799. The van der Waals surface area contributed by atoms with Crippen LogP contribution in [0.1, 0.15) is 22.8 Å². The third kappa shape index (κ3) is 3.86. The summed E-state index contributed by atoms with van der Waals surface area (Å²) in [6.07, 6.45) is 0. The number of benzene rings is 1. The van der Waals surface area contributed by atoms with E-state index in [0.29, 0.717) is 11.3 Å². The number of aryl methyl sites for hydroxylation is 1. The minimum Gasteiger partial charge on any atom is -0.301 e. The molecular formula is C12H12N4O4S2. The van der Waals surface area contributed by atoms with Gasteiger partial charge in [-0.1, -0.05) is 29.0 Å². The first-order chi connectivity index (χ1) is 10.3. The minimum absolute atomic E-state index is 0.0376. The summed E-state index contributed by atoms with van der Waals surface area (Å²) in [5, 5.41) is 9.33. The molecule has 2 amide bonds. The summed E-state index contributed by atoms with van der Waals surface area (Å²) in [6.45, 7) is 3.11. The van der Waals surface area contributed by atoms with Crippen molar-refractivity contribution >= 4 is 38.3 Å². The molecule has 0 bridgehead atoms. The Morgan fingerprint density at radius 3 is 2.36 bits per heavy atom. The van der Waals surface area contributed by atoms with Crippen LogP contribution in [0, 0.1) is 6.92 Å². The summed E-state index contributed by atoms with van der Waals surface area (Å²) in [7, 11) is -4.14. The van der Waals surface area contributed by atoms with Crippen LogP contribution < -0.4 is 10.0 Å². The molecule has 1 heterocycles. The molecule has 0 aliphatic heterocycles. The lowest BCUT2D eigenvalue weighted by Gasteiger charge is -2.04. The second-order valence-electron chi connectivity index (χ2n) is 4.35. The number of carbonyl (C=O) groups excluding carboxylic acids is 2. The van der Waals surface area contributed by atoms with Crippen molar-refractivity contribution in [3.05, 3.63) is 35.4 Å². The molecule has 2 rings (SSSR count). The number of aromatic nitrogens is 2. The average Bonchev–Trinajstić information content (AvgIpc) is 2.87. The van der Waals surface area contributed by atoms with Crippen molar-refractivity contribution in [1.29, 1.82) is 0 Å². The van der Waals surface area contributed by atoms with Crippen molar-refractivity contribution in [2.45, 2.75) is 18.2 Å². The maximum atomic E-state index is 12.0. The fourth-order valence-electron chi connectivity index (χ4n) is 1.45. The summed E-state index contributed by atoms with van der Waals surface area (Å²) in [5.41, 5.74) is 1.16. The van der Waals surface area contributed by atoms with Gasteiger partial charge in [-0.15, -0.1) is 10.2 Å². The molecule has 0 unspecified atom stereocenters. The molecule has 0 aliphatic carbocycles. The predicted octanol–water partition coefficient (Wildman–Crippen LogP) is 0.924. The normalized spacial score (nSPS) is 11.0. The summed E-state index contributed by atoms with van der Waals surface area (Å²) in [6, 6.07) is 6.43. The number of anilines is 1. The van der Waals surface area contributed by atoms with Crippen LogP contribution in [0.2, 0.25) is 0 Å². The topological polar surface area (TPSA) is 118 Å². The zero-order valence-electron chi connectivity index (χ0n) is 11.7. The van der Waals surface area contributed by atoms with Gasteiger partial charge < -0.3 is 5.32 Å². The maximum Gasteiger partial charge on any atom is 0.293 e. The van der Waals surface area contributed by atoms with Crippen molar-refractivity contribution in [2.75, 3.05) is 5.32 Å². The molecule has 0 spiro atoms. The number of nitrogens with zero attached hydrogens (tertiary/aromatic N) is 2. The molecule has 0 aliphatic rings. The largest absolute Gasteiger partial charge is 0.301 e. The third-order valence-corrected chi connectivity index (χ3v) is 5.00. The van der Waals surface area contributed by atoms with Crippen LogP contribution in [0.25, 0.3) is 0 Å². The van der Waals surface area contributed by atoms with Gasteiger partial charge in [-0.25, -0.2) is 4.72 Å². The lowest BCUT2D eigenvalue weighted by atomic mass is 10.1. The van der Waals surface area contributed by atoms with Crippen molar-refractivity contribution in [3.8, 4) is 0 Å². The van der Waals surface area contributed by atoms with Gasteiger partial charge in [0.2, 0.25) is 11.0 Å². The van der Waals surface area contributed by atoms with Crippen LogP contribution in [0.4, 0.5) is 5.13 Å². The highest BCUT2D eigenvalue weighted by Crippen LogP contribution is 2.19. The number of carbonyl (C=O) groups is 2. The van der Waals surface area contributed by atoms with E-state index in [1.807, 2.05) is 11.6 Å². The molecule has 0 saturated heterocycles. The van der Waals surface area contributed by atoms with E-state index in [1.54, 1.807) is 12.1 Å². The molecule has 8 nitrogen and oxygen atoms in total. The summed E-state index contributed by atoms with van der Waals surface area (Å²) in [5.74, 6) is -1.17. The summed E-state index contributed by atoms with van der Waals surface area (Å²) >= 11 is 0.651. The molecule has 0 atom stereocenters. The Bertz CT molecular complexity index is 812. The van der Waals surface area contributed by atoms with Crippen LogP contribution in [-0.4, -0.2) is 30.4 Å². The fraction of sp³-hybridized carbons (Fsp3) is 0.167. The van der Waals surface area contributed by atoms with Gasteiger partial charge in [-0.2, -0.15) is 8.42 Å². The van der Waals surface area contributed by atoms with Crippen LogP contribution >= 0.6 is 11.3 Å². The monoisotopic (exact) mass is 340 g/mol. The molecule has 1 aromatic heterocycles. The van der Waals surface area contributed by atoms with Gasteiger partial charge in [-0.3, -0.25) is 9.59 Å². The second-order valence-corrected chi connectivity index (χ2v) is 7.19. The maximum absolute atomic E-state index is 12.0. The minimum atomic E-state index is -4.14. The molecule has 0 fully saturated rings. The zero-order valence-corrected chi connectivity index (χ0v) is 13.3. The number of hydrogen-bond donors (Lipinski definition) is 2. The van der Waals surface area contributed by atoms with E-state index in [9.17, 15) is 18.0 Å². The molecule has 0 saturated carbocycles. The average molecular weight is 340 g/mol. The van der Waals surface area contributed by atoms with E-state index in [0.717, 1.165) is 5.56 Å². The van der Waals surface area contributed by atoms with Crippen molar-refractivity contribution in [2.24, 2.45) is 0 Å². The van der Waals surface area contributed by atoms with E-state index in [1.165, 1.54) is 19.1 Å². The van der Waals surface area contributed by atoms with Gasteiger partial charge in [-0.05, 0) is 19.1 Å². The molecule has 10 heteroatoms. The Morgan fingerprint density at radius 2 is 1.77 bits per heavy atom. The van der Waals surface area contributed by atoms with Gasteiger partial charge >= 0.3 is 0 Å². The Morgan fingerprint density at radius 1 is 1.14 bits per heavy atom. The smallest absolute Gasteiger partial charge is 0.293 e. The van der Waals surface area contributed by atoms with Crippen molar-refractivity contribution in [3.63, 3.8) is 0 Å². The molecule has 1 aromatic carbocycles. The number of nitrogens with one attached hydrogen (secondary N) is 2. The van der Waals surface area contributed by atoms with Gasteiger partial charge in [0.1, 0.15) is 0 Å². The Balaban J connectivity index is 2.16. The Hall–Kier alpha value is -2.33. The molecule has 2 aromatic rings. The highest BCUT2D eigenvalue weighted by Gasteiger charge is 2.23. The SMILES string of the molecule is CC(=O)Nc1nnc(S(=O)(=O)NC(=O)c2ccc(C)cc2)s1. The van der Waals surface area contributed by atoms with E-state index in [-0.39, 0.29) is 10.7 Å². The standard InChI is InChI=1S/C12H12N4O4S2/c1-7-3-5-9(6-4-7)10(18)16-22(19,20)12-15-14-11(21-12)13-8(2)17/h3-6H,1-2H3,(H,16,18)(H,13,14,17). The van der Waals surface area contributed by atoms with Crippen molar-refractivity contribution < 1.29 is 18.0 Å². The van der Waals surface area contributed by atoms with Crippen LogP contribution in [0.15, 0.2) is 28.6 Å². The van der Waals surface area contributed by atoms with Gasteiger partial charge in [0, 0.05) is 12.5 Å². The molecule has 2 N–H and O–H groups in total. The summed E-state index contributed by atoms with van der Waals surface area (Å²) in [4.78, 5) is 22.8. The third-order valence-electron chi connectivity index (χ3n) is 2.46. The molecule has 0 radical (unpaired) electrons. The highest BCUT2D eigenvalue weighted by atomic mass is 32.2. The first-order valence-electron chi connectivity index (χ1n) is 6.03. The Labute approximate surface area is 130 Å². The highest BCUT2D eigenvalue weighted by molar-refractivity contribution is 7.92. The fourth-order valence-corrected chi connectivity index (χ4v) is 3.37. The molecule has 116 valence electrons. The second kappa shape index (κ2) is 6.20. The van der Waals surface area contributed by atoms with Crippen molar-refractivity contribution in [1.82, 2.24) is 14.9 Å². The van der Waals surface area contributed by atoms with Crippen LogP contribution in [0.3, 0.4) is 0 Å². The molecule has 22 heavy (non-hydrogen) atoms. The number of hydrogen-bond acceptors (Lipinski definition) is 7. The van der Waals surface area contributed by atoms with Crippen LogP contribution in [0.5, 0.6) is 0 Å².